The van der Waals surface area contributed by atoms with E-state index >= 15 is 0 Å². The number of amides is 1. The van der Waals surface area contributed by atoms with Crippen molar-refractivity contribution in [2.45, 2.75) is 44.2 Å². The molecule has 1 aliphatic carbocycles. The summed E-state index contributed by atoms with van der Waals surface area (Å²) in [5, 5.41) is 2.95. The molecule has 0 aromatic heterocycles. The van der Waals surface area contributed by atoms with Crippen molar-refractivity contribution in [1.29, 1.82) is 0 Å². The van der Waals surface area contributed by atoms with Crippen molar-refractivity contribution in [3.05, 3.63) is 29.6 Å². The molecule has 2 aliphatic rings. The minimum Gasteiger partial charge on any atom is -0.496 e. The number of benzene rings is 1. The maximum absolute atomic E-state index is 13.5. The number of morpholine rings is 1. The third-order valence-electron chi connectivity index (χ3n) is 5.42. The van der Waals surface area contributed by atoms with Gasteiger partial charge in [-0.1, -0.05) is 12.8 Å². The number of hydrogen-bond donors (Lipinski definition) is 1. The van der Waals surface area contributed by atoms with Gasteiger partial charge in [-0.2, -0.15) is 0 Å². The molecule has 1 N–H and O–H groups in total. The van der Waals surface area contributed by atoms with Crippen LogP contribution in [0.25, 0.3) is 0 Å². The average molecular weight is 350 g/mol. The molecule has 1 aromatic carbocycles. The van der Waals surface area contributed by atoms with Gasteiger partial charge in [-0.15, -0.1) is 0 Å². The number of carbonyl (C=O) groups excluding carboxylic acids is 1. The molecule has 1 saturated carbocycles. The van der Waals surface area contributed by atoms with Crippen LogP contribution in [0.3, 0.4) is 0 Å². The number of nitrogens with one attached hydrogen (secondary N) is 1. The summed E-state index contributed by atoms with van der Waals surface area (Å²) in [7, 11) is 1.55. The fourth-order valence-corrected chi connectivity index (χ4v) is 4.12. The number of hydrogen-bond acceptors (Lipinski definition) is 4. The summed E-state index contributed by atoms with van der Waals surface area (Å²) in [6.07, 6.45) is 4.95. The molecule has 1 aliphatic heterocycles. The van der Waals surface area contributed by atoms with Crippen molar-refractivity contribution in [3.8, 4) is 5.75 Å². The zero-order valence-corrected chi connectivity index (χ0v) is 14.9. The summed E-state index contributed by atoms with van der Waals surface area (Å²) in [5.74, 6) is 0.274. The molecule has 0 bridgehead atoms. The maximum atomic E-state index is 13.5. The fourth-order valence-electron chi connectivity index (χ4n) is 4.12. The van der Waals surface area contributed by atoms with Crippen LogP contribution >= 0.6 is 0 Å². The smallest absolute Gasteiger partial charge is 0.222 e. The van der Waals surface area contributed by atoms with E-state index in [-0.39, 0.29) is 23.8 Å². The Morgan fingerprint density at radius 3 is 2.72 bits per heavy atom. The van der Waals surface area contributed by atoms with E-state index in [0.717, 1.165) is 39.1 Å². The van der Waals surface area contributed by atoms with Gasteiger partial charge in [0.05, 0.1) is 20.3 Å². The number of carbonyl (C=O) groups is 1. The molecule has 3 rings (SSSR count). The van der Waals surface area contributed by atoms with Crippen molar-refractivity contribution in [2.24, 2.45) is 0 Å². The van der Waals surface area contributed by atoms with Crippen LogP contribution in [0.2, 0.25) is 0 Å². The Bertz CT molecular complexity index is 596. The number of halogens is 1. The summed E-state index contributed by atoms with van der Waals surface area (Å²) in [6, 6.07) is 4.35. The molecule has 5 nitrogen and oxygen atoms in total. The second-order valence-electron chi connectivity index (χ2n) is 6.94. The molecule has 1 aromatic rings. The Kier molecular flexibility index (Phi) is 5.91. The first-order valence-corrected chi connectivity index (χ1v) is 9.05. The van der Waals surface area contributed by atoms with Gasteiger partial charge in [-0.3, -0.25) is 9.69 Å². The molecule has 0 atom stereocenters. The lowest BCUT2D eigenvalue weighted by Crippen LogP contribution is -2.53. The first kappa shape index (κ1) is 18.1. The van der Waals surface area contributed by atoms with E-state index in [1.165, 1.54) is 25.0 Å². The van der Waals surface area contributed by atoms with Crippen LogP contribution in [0.4, 0.5) is 4.39 Å². The molecule has 1 heterocycles. The minimum absolute atomic E-state index is 0.0136. The van der Waals surface area contributed by atoms with Crippen molar-refractivity contribution >= 4 is 5.91 Å². The van der Waals surface area contributed by atoms with E-state index in [4.69, 9.17) is 9.47 Å². The molecule has 1 saturated heterocycles. The number of nitrogens with zero attached hydrogens (tertiary/aromatic N) is 1. The molecule has 0 spiro atoms. The van der Waals surface area contributed by atoms with E-state index in [9.17, 15) is 9.18 Å². The highest BCUT2D eigenvalue weighted by atomic mass is 19.1. The Morgan fingerprint density at radius 2 is 2.04 bits per heavy atom. The lowest BCUT2D eigenvalue weighted by molar-refractivity contribution is -0.125. The molecule has 25 heavy (non-hydrogen) atoms. The van der Waals surface area contributed by atoms with Crippen LogP contribution in [0.5, 0.6) is 5.75 Å². The summed E-state index contributed by atoms with van der Waals surface area (Å²) in [4.78, 5) is 15.0. The molecule has 0 radical (unpaired) electrons. The standard InChI is InChI=1S/C19H27FN2O3/c1-24-17-5-4-16(20)12-15(17)14-21-18(23)13-19(6-2-3-7-19)22-8-10-25-11-9-22/h4-5,12H,2-3,6-11,13-14H2,1H3,(H,21,23). The number of ether oxygens (including phenoxy) is 2. The van der Waals surface area contributed by atoms with Gasteiger partial charge in [0.1, 0.15) is 11.6 Å². The normalized spacial score (nSPS) is 20.4. The number of methoxy groups -OCH3 is 1. The van der Waals surface area contributed by atoms with E-state index in [1.807, 2.05) is 0 Å². The Labute approximate surface area is 148 Å². The predicted molar refractivity (Wildman–Crippen MR) is 93.0 cm³/mol. The van der Waals surface area contributed by atoms with Gasteiger partial charge in [0, 0.05) is 37.2 Å². The van der Waals surface area contributed by atoms with Crippen LogP contribution < -0.4 is 10.1 Å². The Hall–Kier alpha value is -1.66. The topological polar surface area (TPSA) is 50.8 Å². The lowest BCUT2D eigenvalue weighted by Gasteiger charge is -2.43. The molecule has 1 amide bonds. The Morgan fingerprint density at radius 1 is 1.32 bits per heavy atom. The van der Waals surface area contributed by atoms with Gasteiger partial charge >= 0.3 is 0 Å². The predicted octanol–water partition coefficient (Wildman–Crippen LogP) is 2.49. The van der Waals surface area contributed by atoms with Gasteiger partial charge < -0.3 is 14.8 Å². The highest BCUT2D eigenvalue weighted by Crippen LogP contribution is 2.38. The van der Waals surface area contributed by atoms with E-state index in [2.05, 4.69) is 10.2 Å². The van der Waals surface area contributed by atoms with Crippen LogP contribution in [0.15, 0.2) is 18.2 Å². The van der Waals surface area contributed by atoms with Gasteiger partial charge in [0.15, 0.2) is 0 Å². The third kappa shape index (κ3) is 4.30. The van der Waals surface area contributed by atoms with Crippen molar-refractivity contribution in [3.63, 3.8) is 0 Å². The van der Waals surface area contributed by atoms with Crippen molar-refractivity contribution < 1.29 is 18.7 Å². The summed E-state index contributed by atoms with van der Waals surface area (Å²) in [5.41, 5.74) is 0.613. The zero-order chi connectivity index (χ0) is 17.7. The summed E-state index contributed by atoms with van der Waals surface area (Å²) < 4.78 is 24.2. The highest BCUT2D eigenvalue weighted by molar-refractivity contribution is 5.77. The van der Waals surface area contributed by atoms with Crippen LogP contribution in [0, 0.1) is 5.82 Å². The van der Waals surface area contributed by atoms with Crippen LogP contribution in [-0.2, 0) is 16.1 Å². The highest BCUT2D eigenvalue weighted by Gasteiger charge is 2.41. The first-order chi connectivity index (χ1) is 12.1. The molecular formula is C19H27FN2O3. The van der Waals surface area contributed by atoms with E-state index < -0.39 is 0 Å². The van der Waals surface area contributed by atoms with Crippen molar-refractivity contribution in [2.75, 3.05) is 33.4 Å². The van der Waals surface area contributed by atoms with Crippen LogP contribution in [0.1, 0.15) is 37.7 Å². The second-order valence-corrected chi connectivity index (χ2v) is 6.94. The average Bonchev–Trinajstić information content (AvgIpc) is 3.10. The third-order valence-corrected chi connectivity index (χ3v) is 5.42. The van der Waals surface area contributed by atoms with Gasteiger partial charge in [0.2, 0.25) is 5.91 Å². The quantitative estimate of drug-likeness (QED) is 0.856. The Balaban J connectivity index is 1.62. The SMILES string of the molecule is COc1ccc(F)cc1CNC(=O)CC1(N2CCOCC2)CCCC1. The molecule has 138 valence electrons. The summed E-state index contributed by atoms with van der Waals surface area (Å²) >= 11 is 0. The molecule has 0 unspecified atom stereocenters. The van der Waals surface area contributed by atoms with Gasteiger partial charge in [-0.25, -0.2) is 4.39 Å². The first-order valence-electron chi connectivity index (χ1n) is 9.05. The largest absolute Gasteiger partial charge is 0.496 e. The second kappa shape index (κ2) is 8.15. The zero-order valence-electron chi connectivity index (χ0n) is 14.9. The van der Waals surface area contributed by atoms with Gasteiger partial charge in [0.25, 0.3) is 0 Å². The van der Waals surface area contributed by atoms with Crippen LogP contribution in [-0.4, -0.2) is 49.8 Å². The molecular weight excluding hydrogens is 323 g/mol. The summed E-state index contributed by atoms with van der Waals surface area (Å²) in [6.45, 7) is 3.54. The van der Waals surface area contributed by atoms with E-state index in [1.54, 1.807) is 13.2 Å². The molecule has 6 heteroatoms. The van der Waals surface area contributed by atoms with Crippen molar-refractivity contribution in [1.82, 2.24) is 10.2 Å². The molecule has 2 fully saturated rings. The monoisotopic (exact) mass is 350 g/mol. The maximum Gasteiger partial charge on any atom is 0.222 e. The van der Waals surface area contributed by atoms with Gasteiger partial charge in [-0.05, 0) is 31.0 Å². The number of rotatable bonds is 6. The fraction of sp³-hybridized carbons (Fsp3) is 0.632. The lowest BCUT2D eigenvalue weighted by atomic mass is 9.90. The van der Waals surface area contributed by atoms with E-state index in [0.29, 0.717) is 17.7 Å². The minimum atomic E-state index is -0.328.